The maximum absolute atomic E-state index is 14.3. The number of fused-ring (bicyclic) bond motifs is 1. The van der Waals surface area contributed by atoms with Gasteiger partial charge in [-0.05, 0) is 50.8 Å². The third kappa shape index (κ3) is 7.94. The Balaban J connectivity index is 1.60. The predicted octanol–water partition coefficient (Wildman–Crippen LogP) is 7.05. The standard InChI is InChI=1S/C42H46N4O7/c1-9-41(7,8)38-32(30-12-10-11-13-34(30)44-38)21-35-39(49)46-42(40(50)45-35)22-25(4)15-17-29(42)18-19-31-33(23-43-51)37(53-27(6)48)28(16-14-24(2)3)20-36(31)52-26(5)47/h9-15,17-21,23,25,29,44,51H,1,16,22H2,2-8H3,(H,45,50)(H,46,49)/b19-18+,35-21-,43-23-/t25-,29-,42-/m0/s1. The first-order valence-electron chi connectivity index (χ1n) is 17.4. The van der Waals surface area contributed by atoms with Gasteiger partial charge in [0.25, 0.3) is 11.8 Å². The molecule has 1 spiro atoms. The number of ether oxygens (including phenoxy) is 2. The Morgan fingerprint density at radius 1 is 1.06 bits per heavy atom. The molecule has 0 unspecified atom stereocenters. The summed E-state index contributed by atoms with van der Waals surface area (Å²) in [6.45, 7) is 16.4. The van der Waals surface area contributed by atoms with E-state index in [4.69, 9.17) is 9.47 Å². The quantitative estimate of drug-likeness (QED) is 0.0333. The number of carbonyl (C=O) groups is 4. The minimum Gasteiger partial charge on any atom is -0.426 e. The van der Waals surface area contributed by atoms with Crippen LogP contribution in [0.2, 0.25) is 0 Å². The summed E-state index contributed by atoms with van der Waals surface area (Å²) in [5.74, 6) is -2.52. The molecule has 11 heteroatoms. The van der Waals surface area contributed by atoms with Crippen molar-refractivity contribution in [1.29, 1.82) is 0 Å². The van der Waals surface area contributed by atoms with Gasteiger partial charge >= 0.3 is 11.9 Å². The highest BCUT2D eigenvalue weighted by Gasteiger charge is 2.51. The largest absolute Gasteiger partial charge is 0.426 e. The van der Waals surface area contributed by atoms with Crippen LogP contribution in [0.25, 0.3) is 23.1 Å². The lowest BCUT2D eigenvalue weighted by molar-refractivity contribution is -0.138. The van der Waals surface area contributed by atoms with Crippen molar-refractivity contribution in [2.75, 3.05) is 0 Å². The number of amides is 2. The number of benzene rings is 2. The van der Waals surface area contributed by atoms with Crippen molar-refractivity contribution in [1.82, 2.24) is 15.6 Å². The van der Waals surface area contributed by atoms with E-state index >= 15 is 0 Å². The van der Waals surface area contributed by atoms with E-state index < -0.39 is 40.6 Å². The van der Waals surface area contributed by atoms with E-state index in [2.05, 4.69) is 27.4 Å². The predicted molar refractivity (Wildman–Crippen MR) is 206 cm³/mol. The molecule has 53 heavy (non-hydrogen) atoms. The highest BCUT2D eigenvalue weighted by molar-refractivity contribution is 6.11. The number of hydrogen-bond acceptors (Lipinski definition) is 8. The lowest BCUT2D eigenvalue weighted by atomic mass is 9.71. The summed E-state index contributed by atoms with van der Waals surface area (Å²) < 4.78 is 11.3. The molecule has 11 nitrogen and oxygen atoms in total. The molecular weight excluding hydrogens is 672 g/mol. The van der Waals surface area contributed by atoms with E-state index in [0.717, 1.165) is 33.9 Å². The molecule has 0 radical (unpaired) electrons. The van der Waals surface area contributed by atoms with Crippen molar-refractivity contribution in [2.24, 2.45) is 17.0 Å². The van der Waals surface area contributed by atoms with Crippen molar-refractivity contribution < 1.29 is 33.9 Å². The van der Waals surface area contributed by atoms with Crippen LogP contribution in [-0.4, -0.2) is 45.7 Å². The number of nitrogens with zero attached hydrogens (tertiary/aromatic N) is 1. The van der Waals surface area contributed by atoms with Gasteiger partial charge in [-0.3, -0.25) is 19.2 Å². The molecule has 1 saturated heterocycles. The van der Waals surface area contributed by atoms with Crippen LogP contribution in [0.1, 0.15) is 82.8 Å². The number of carbonyl (C=O) groups excluding carboxylic acids is 4. The number of H-pyrrole nitrogens is 1. The van der Waals surface area contributed by atoms with Crippen LogP contribution in [-0.2, 0) is 31.0 Å². The first-order valence-corrected chi connectivity index (χ1v) is 17.4. The summed E-state index contributed by atoms with van der Waals surface area (Å²) in [5.41, 5.74) is 2.73. The molecule has 1 aliphatic heterocycles. The summed E-state index contributed by atoms with van der Waals surface area (Å²) in [7, 11) is 0. The zero-order valence-electron chi connectivity index (χ0n) is 31.1. The second-order valence-corrected chi connectivity index (χ2v) is 14.4. The molecule has 2 amide bonds. The fraction of sp³-hybridized carbons (Fsp3) is 0.310. The summed E-state index contributed by atoms with van der Waals surface area (Å²) >= 11 is 0. The lowest BCUT2D eigenvalue weighted by Crippen LogP contribution is -2.68. The number of allylic oxidation sites excluding steroid dienone is 4. The highest BCUT2D eigenvalue weighted by Crippen LogP contribution is 2.40. The number of aromatic amines is 1. The monoisotopic (exact) mass is 718 g/mol. The average molecular weight is 719 g/mol. The van der Waals surface area contributed by atoms with Gasteiger partial charge in [0.1, 0.15) is 22.7 Å². The van der Waals surface area contributed by atoms with Gasteiger partial charge in [0.2, 0.25) is 0 Å². The Hall–Kier alpha value is -5.97. The maximum Gasteiger partial charge on any atom is 0.308 e. The number of esters is 2. The average Bonchev–Trinajstić information content (AvgIpc) is 3.46. The molecule has 3 atom stereocenters. The number of para-hydroxylation sites is 1. The molecule has 1 aliphatic carbocycles. The van der Waals surface area contributed by atoms with Crippen LogP contribution in [0.4, 0.5) is 0 Å². The molecule has 4 N–H and O–H groups in total. The number of piperazine rings is 1. The molecule has 1 aromatic heterocycles. The van der Waals surface area contributed by atoms with E-state index in [-0.39, 0.29) is 34.2 Å². The summed E-state index contributed by atoms with van der Waals surface area (Å²) in [6.07, 6.45) is 14.3. The Bertz CT molecular complexity index is 2140. The van der Waals surface area contributed by atoms with Crippen LogP contribution < -0.4 is 20.1 Å². The fourth-order valence-corrected chi connectivity index (χ4v) is 6.84. The summed E-state index contributed by atoms with van der Waals surface area (Å²) in [5, 5.41) is 19.8. The SMILES string of the molecule is C=CC(C)(C)c1[nH]c2ccccc2c1/C=C1\NC(=O)[C@@]2(C[C@@H](C)C=C[C@H]2/C=C/c2c(OC(C)=O)cc(CC=C(C)C)c(OC(C)=O)c2/C=N\O)NC1=O. The van der Waals surface area contributed by atoms with Crippen LogP contribution in [0.5, 0.6) is 11.5 Å². The van der Waals surface area contributed by atoms with Gasteiger partial charge in [0, 0.05) is 58.5 Å². The van der Waals surface area contributed by atoms with Gasteiger partial charge in [-0.25, -0.2) is 0 Å². The number of rotatable bonds is 10. The molecule has 2 heterocycles. The molecule has 2 aliphatic rings. The number of hydrogen-bond donors (Lipinski definition) is 4. The van der Waals surface area contributed by atoms with E-state index in [9.17, 15) is 24.4 Å². The highest BCUT2D eigenvalue weighted by atomic mass is 16.5. The van der Waals surface area contributed by atoms with Gasteiger partial charge in [-0.15, -0.1) is 6.58 Å². The maximum atomic E-state index is 14.3. The van der Waals surface area contributed by atoms with Crippen LogP contribution in [0.3, 0.4) is 0 Å². The molecular formula is C42H46N4O7. The van der Waals surface area contributed by atoms with Gasteiger partial charge in [0.15, 0.2) is 0 Å². The van der Waals surface area contributed by atoms with Crippen molar-refractivity contribution in [3.8, 4) is 11.5 Å². The molecule has 0 saturated carbocycles. The molecule has 3 aromatic rings. The van der Waals surface area contributed by atoms with Crippen LogP contribution in [0.15, 0.2) is 83.7 Å². The first kappa shape index (κ1) is 38.3. The zero-order valence-corrected chi connectivity index (χ0v) is 31.1. The molecule has 2 aromatic carbocycles. The van der Waals surface area contributed by atoms with E-state index in [1.165, 1.54) is 13.8 Å². The minimum absolute atomic E-state index is 0.0524. The molecule has 5 rings (SSSR count). The number of oxime groups is 1. The van der Waals surface area contributed by atoms with Crippen molar-refractivity contribution >= 4 is 53.0 Å². The van der Waals surface area contributed by atoms with Gasteiger partial charge in [-0.2, -0.15) is 0 Å². The lowest BCUT2D eigenvalue weighted by Gasteiger charge is -2.44. The van der Waals surface area contributed by atoms with Crippen molar-refractivity contribution in [3.63, 3.8) is 0 Å². The third-order valence-corrected chi connectivity index (χ3v) is 9.57. The molecule has 0 bridgehead atoms. The van der Waals surface area contributed by atoms with Crippen LogP contribution >= 0.6 is 0 Å². The smallest absolute Gasteiger partial charge is 0.308 e. The van der Waals surface area contributed by atoms with E-state index in [0.29, 0.717) is 18.4 Å². The van der Waals surface area contributed by atoms with E-state index in [1.54, 1.807) is 24.3 Å². The minimum atomic E-state index is -1.38. The summed E-state index contributed by atoms with van der Waals surface area (Å²) in [4.78, 5) is 56.3. The number of nitrogens with one attached hydrogen (secondary N) is 3. The molecule has 276 valence electrons. The van der Waals surface area contributed by atoms with Crippen molar-refractivity contribution in [3.05, 3.63) is 107 Å². The van der Waals surface area contributed by atoms with Gasteiger partial charge < -0.3 is 30.3 Å². The topological polar surface area (TPSA) is 159 Å². The van der Waals surface area contributed by atoms with Crippen molar-refractivity contribution in [2.45, 2.75) is 72.3 Å². The Morgan fingerprint density at radius 2 is 1.77 bits per heavy atom. The summed E-state index contributed by atoms with van der Waals surface area (Å²) in [6, 6.07) is 9.36. The molecule has 1 fully saturated rings. The van der Waals surface area contributed by atoms with E-state index in [1.807, 2.05) is 83.2 Å². The van der Waals surface area contributed by atoms with Gasteiger partial charge in [0.05, 0.1) is 11.8 Å². The van der Waals surface area contributed by atoms with Crippen LogP contribution in [0, 0.1) is 11.8 Å². The Morgan fingerprint density at radius 3 is 2.43 bits per heavy atom. The Kier molecular flexibility index (Phi) is 11.1. The zero-order chi connectivity index (χ0) is 38.7. The fourth-order valence-electron chi connectivity index (χ4n) is 6.84. The number of aromatic nitrogens is 1. The first-order chi connectivity index (χ1) is 25.1. The van der Waals surface area contributed by atoms with Gasteiger partial charge in [-0.1, -0.05) is 86.2 Å². The second kappa shape index (κ2) is 15.3. The third-order valence-electron chi connectivity index (χ3n) is 9.57. The normalized spacial score (nSPS) is 20.9. The second-order valence-electron chi connectivity index (χ2n) is 14.4. The Labute approximate surface area is 309 Å².